The van der Waals surface area contributed by atoms with Crippen molar-refractivity contribution in [3.05, 3.63) is 51.0 Å². The molecule has 0 spiro atoms. The molecular formula is C16H11Cl2N3O3. The maximum atomic E-state index is 11.9. The van der Waals surface area contributed by atoms with Gasteiger partial charge in [-0.05, 0) is 29.8 Å². The molecule has 0 atom stereocenters. The number of fused-ring (bicyclic) bond motifs is 2. The van der Waals surface area contributed by atoms with Gasteiger partial charge in [0, 0.05) is 11.1 Å². The Labute approximate surface area is 147 Å². The van der Waals surface area contributed by atoms with Gasteiger partial charge in [-0.2, -0.15) is 5.10 Å². The highest BCUT2D eigenvalue weighted by molar-refractivity contribution is 6.39. The molecule has 2 aliphatic heterocycles. The predicted molar refractivity (Wildman–Crippen MR) is 90.9 cm³/mol. The molecule has 3 N–H and O–H groups in total. The number of amides is 1. The van der Waals surface area contributed by atoms with E-state index in [2.05, 4.69) is 10.5 Å². The highest BCUT2D eigenvalue weighted by Gasteiger charge is 2.25. The number of nitrogen functional groups attached to an aromatic ring is 1. The van der Waals surface area contributed by atoms with Crippen LogP contribution in [0.4, 0.5) is 5.69 Å². The SMILES string of the molecule is Nc1c(Cl)cc(C2=NNC(=O)Cc3cc4c(cc32)OCO4)cc1Cl. The number of ether oxygens (including phenoxy) is 2. The molecule has 4 rings (SSSR count). The number of rotatable bonds is 1. The molecule has 24 heavy (non-hydrogen) atoms. The van der Waals surface area contributed by atoms with E-state index in [-0.39, 0.29) is 19.1 Å². The van der Waals surface area contributed by atoms with Gasteiger partial charge in [0.1, 0.15) is 0 Å². The maximum Gasteiger partial charge on any atom is 0.244 e. The average molecular weight is 364 g/mol. The molecule has 0 unspecified atom stereocenters. The fourth-order valence-corrected chi connectivity index (χ4v) is 3.17. The van der Waals surface area contributed by atoms with Gasteiger partial charge in [-0.15, -0.1) is 0 Å². The van der Waals surface area contributed by atoms with Crippen LogP contribution >= 0.6 is 23.2 Å². The summed E-state index contributed by atoms with van der Waals surface area (Å²) in [6.45, 7) is 0.149. The summed E-state index contributed by atoms with van der Waals surface area (Å²) in [6.07, 6.45) is 0.176. The number of nitrogens with zero attached hydrogens (tertiary/aromatic N) is 1. The van der Waals surface area contributed by atoms with Crippen molar-refractivity contribution in [2.24, 2.45) is 5.10 Å². The Hall–Kier alpha value is -2.44. The second kappa shape index (κ2) is 5.58. The Balaban J connectivity index is 1.92. The van der Waals surface area contributed by atoms with Crippen molar-refractivity contribution in [2.45, 2.75) is 6.42 Å². The van der Waals surface area contributed by atoms with Crippen molar-refractivity contribution >= 4 is 40.5 Å². The smallest absolute Gasteiger partial charge is 0.244 e. The molecule has 1 amide bonds. The first-order valence-corrected chi connectivity index (χ1v) is 7.83. The molecule has 0 saturated heterocycles. The monoisotopic (exact) mass is 363 g/mol. The molecule has 0 bridgehead atoms. The Morgan fingerprint density at radius 1 is 1.08 bits per heavy atom. The van der Waals surface area contributed by atoms with Crippen molar-refractivity contribution in [3.8, 4) is 11.5 Å². The lowest BCUT2D eigenvalue weighted by atomic mass is 9.95. The van der Waals surface area contributed by atoms with E-state index in [1.54, 1.807) is 24.3 Å². The molecule has 0 aromatic heterocycles. The lowest BCUT2D eigenvalue weighted by Crippen LogP contribution is -2.18. The van der Waals surface area contributed by atoms with Gasteiger partial charge in [-0.1, -0.05) is 23.2 Å². The molecule has 2 heterocycles. The fourth-order valence-electron chi connectivity index (χ4n) is 2.68. The maximum absolute atomic E-state index is 11.9. The van der Waals surface area contributed by atoms with Crippen LogP contribution < -0.4 is 20.6 Å². The summed E-state index contributed by atoms with van der Waals surface area (Å²) >= 11 is 12.3. The van der Waals surface area contributed by atoms with E-state index in [0.29, 0.717) is 38.5 Å². The van der Waals surface area contributed by atoms with Crippen LogP contribution in [0, 0.1) is 0 Å². The first kappa shape index (κ1) is 15.1. The van der Waals surface area contributed by atoms with E-state index in [1.165, 1.54) is 0 Å². The third-order valence-corrected chi connectivity index (χ3v) is 4.47. The minimum Gasteiger partial charge on any atom is -0.454 e. The number of nitrogens with one attached hydrogen (secondary N) is 1. The lowest BCUT2D eigenvalue weighted by Gasteiger charge is -2.12. The van der Waals surface area contributed by atoms with Crippen molar-refractivity contribution < 1.29 is 14.3 Å². The Morgan fingerprint density at radius 2 is 1.75 bits per heavy atom. The Bertz CT molecular complexity index is 889. The molecule has 0 saturated carbocycles. The van der Waals surface area contributed by atoms with Gasteiger partial charge >= 0.3 is 0 Å². The third-order valence-electron chi connectivity index (χ3n) is 3.85. The summed E-state index contributed by atoms with van der Waals surface area (Å²) in [4.78, 5) is 11.9. The number of nitrogens with two attached hydrogens (primary N) is 1. The number of halogens is 2. The standard InChI is InChI=1S/C16H11Cl2N3O3/c17-10-1-8(2-11(18)15(10)19)16-9-5-13-12(23-6-24-13)3-7(9)4-14(22)20-21-16/h1-3,5H,4,6,19H2,(H,20,22). The van der Waals surface area contributed by atoms with Crippen molar-refractivity contribution in [2.75, 3.05) is 12.5 Å². The van der Waals surface area contributed by atoms with Gasteiger partial charge in [0.25, 0.3) is 0 Å². The molecule has 0 fully saturated rings. The quantitative estimate of drug-likeness (QED) is 0.762. The van der Waals surface area contributed by atoms with Crippen LogP contribution in [0.15, 0.2) is 29.4 Å². The zero-order valence-corrected chi connectivity index (χ0v) is 13.7. The topological polar surface area (TPSA) is 85.9 Å². The first-order valence-electron chi connectivity index (χ1n) is 7.07. The molecular weight excluding hydrogens is 353 g/mol. The minimum absolute atomic E-state index is 0.149. The molecule has 122 valence electrons. The lowest BCUT2D eigenvalue weighted by molar-refractivity contribution is -0.120. The number of anilines is 1. The van der Waals surface area contributed by atoms with Crippen molar-refractivity contribution in [3.63, 3.8) is 0 Å². The summed E-state index contributed by atoms with van der Waals surface area (Å²) in [7, 11) is 0. The summed E-state index contributed by atoms with van der Waals surface area (Å²) in [5, 5.41) is 4.85. The molecule has 2 aromatic rings. The third kappa shape index (κ3) is 2.44. The fraction of sp³-hybridized carbons (Fsp3) is 0.125. The number of hydrazone groups is 1. The van der Waals surface area contributed by atoms with Crippen molar-refractivity contribution in [1.82, 2.24) is 5.43 Å². The second-order valence-electron chi connectivity index (χ2n) is 5.39. The van der Waals surface area contributed by atoms with Crippen molar-refractivity contribution in [1.29, 1.82) is 0 Å². The van der Waals surface area contributed by atoms with Crippen LogP contribution in [0.25, 0.3) is 0 Å². The highest BCUT2D eigenvalue weighted by Crippen LogP contribution is 2.37. The molecule has 2 aromatic carbocycles. The number of hydrogen-bond acceptors (Lipinski definition) is 5. The summed E-state index contributed by atoms with van der Waals surface area (Å²) < 4.78 is 10.8. The summed E-state index contributed by atoms with van der Waals surface area (Å²) in [5.74, 6) is 0.984. The zero-order valence-electron chi connectivity index (χ0n) is 12.2. The summed E-state index contributed by atoms with van der Waals surface area (Å²) in [6, 6.07) is 6.91. The van der Waals surface area contributed by atoms with Crippen LogP contribution in [0.3, 0.4) is 0 Å². The van der Waals surface area contributed by atoms with Crippen LogP contribution in [-0.4, -0.2) is 18.4 Å². The Morgan fingerprint density at radius 3 is 2.46 bits per heavy atom. The van der Waals surface area contributed by atoms with Gasteiger partial charge < -0.3 is 15.2 Å². The highest BCUT2D eigenvalue weighted by atomic mass is 35.5. The summed E-state index contributed by atoms with van der Waals surface area (Å²) in [5.41, 5.74) is 11.3. The minimum atomic E-state index is -0.224. The Kier molecular flexibility index (Phi) is 3.51. The largest absolute Gasteiger partial charge is 0.454 e. The van der Waals surface area contributed by atoms with Gasteiger partial charge in [0.15, 0.2) is 11.5 Å². The molecule has 0 aliphatic carbocycles. The van der Waals surface area contributed by atoms with Gasteiger partial charge in [-0.3, -0.25) is 4.79 Å². The average Bonchev–Trinajstić information content (AvgIpc) is 2.93. The number of carbonyl (C=O) groups is 1. The van der Waals surface area contributed by atoms with Crippen LogP contribution in [0.1, 0.15) is 16.7 Å². The second-order valence-corrected chi connectivity index (χ2v) is 6.20. The van der Waals surface area contributed by atoms with Crippen LogP contribution in [-0.2, 0) is 11.2 Å². The number of carbonyl (C=O) groups excluding carboxylic acids is 1. The van der Waals surface area contributed by atoms with Gasteiger partial charge in [0.2, 0.25) is 12.7 Å². The predicted octanol–water partition coefficient (Wildman–Crippen LogP) is 2.73. The van der Waals surface area contributed by atoms with E-state index in [9.17, 15) is 4.79 Å². The van der Waals surface area contributed by atoms with Gasteiger partial charge in [0.05, 0.1) is 27.9 Å². The van der Waals surface area contributed by atoms with E-state index in [0.717, 1.165) is 11.1 Å². The van der Waals surface area contributed by atoms with E-state index in [4.69, 9.17) is 38.4 Å². The van der Waals surface area contributed by atoms with Crippen LogP contribution in [0.5, 0.6) is 11.5 Å². The zero-order chi connectivity index (χ0) is 16.8. The normalized spacial score (nSPS) is 15.4. The van der Waals surface area contributed by atoms with Crippen LogP contribution in [0.2, 0.25) is 10.0 Å². The molecule has 2 aliphatic rings. The molecule has 0 radical (unpaired) electrons. The van der Waals surface area contributed by atoms with Gasteiger partial charge in [-0.25, -0.2) is 5.43 Å². The number of hydrogen-bond donors (Lipinski definition) is 2. The number of benzene rings is 2. The van der Waals surface area contributed by atoms with E-state index < -0.39 is 0 Å². The van der Waals surface area contributed by atoms with E-state index in [1.807, 2.05) is 0 Å². The molecule has 6 nitrogen and oxygen atoms in total. The van der Waals surface area contributed by atoms with E-state index >= 15 is 0 Å². The molecule has 8 heteroatoms. The first-order chi connectivity index (χ1) is 11.5.